The number of fused-ring (bicyclic) bond motifs is 1. The van der Waals surface area contributed by atoms with Crippen molar-refractivity contribution in [2.75, 3.05) is 11.5 Å². The van der Waals surface area contributed by atoms with E-state index >= 15 is 0 Å². The summed E-state index contributed by atoms with van der Waals surface area (Å²) in [5.41, 5.74) is 3.78. The quantitative estimate of drug-likeness (QED) is 0.155. The number of aliphatic hydroxyl groups is 2. The molecule has 8 nitrogen and oxygen atoms in total. The lowest BCUT2D eigenvalue weighted by Gasteiger charge is -2.36. The van der Waals surface area contributed by atoms with Gasteiger partial charge in [-0.1, -0.05) is 61.2 Å². The summed E-state index contributed by atoms with van der Waals surface area (Å²) in [4.78, 5) is 28.4. The van der Waals surface area contributed by atoms with E-state index < -0.39 is 36.9 Å². The van der Waals surface area contributed by atoms with Crippen molar-refractivity contribution in [1.29, 1.82) is 0 Å². The molecule has 0 bridgehead atoms. The van der Waals surface area contributed by atoms with Crippen LogP contribution in [0.4, 0.5) is 5.69 Å². The zero-order chi connectivity index (χ0) is 29.8. The Labute approximate surface area is 245 Å². The minimum absolute atomic E-state index is 0.0823. The van der Waals surface area contributed by atoms with E-state index in [2.05, 4.69) is 0 Å². The van der Waals surface area contributed by atoms with Gasteiger partial charge < -0.3 is 25.4 Å². The number of aliphatic hydroxyl groups excluding tert-OH is 2. The predicted molar refractivity (Wildman–Crippen MR) is 159 cm³/mol. The number of carbonyl (C=O) groups is 2. The molecule has 0 saturated carbocycles. The molecule has 4 rings (SSSR count). The van der Waals surface area contributed by atoms with Crippen LogP contribution < -0.4 is 10.4 Å². The van der Waals surface area contributed by atoms with Gasteiger partial charge in [-0.15, -0.1) is 0 Å². The number of hydrogen-bond donors (Lipinski definition) is 5. The van der Waals surface area contributed by atoms with Gasteiger partial charge in [0, 0.05) is 5.92 Å². The van der Waals surface area contributed by atoms with Crippen molar-refractivity contribution < 1.29 is 35.0 Å². The zero-order valence-corrected chi connectivity index (χ0v) is 24.1. The van der Waals surface area contributed by atoms with Crippen molar-refractivity contribution in [3.05, 3.63) is 69.8 Å². The highest BCUT2D eigenvalue weighted by atomic mass is 35.5. The van der Waals surface area contributed by atoms with Gasteiger partial charge in [-0.2, -0.15) is 0 Å². The minimum atomic E-state index is -1.75. The summed E-state index contributed by atoms with van der Waals surface area (Å²) in [5, 5.41) is 51.3. The standard InChI is InChI=1S/C31H37BClNO7/c1-3-6-20-14-24-29(31(39)34(30(24)38)22-8-5-7-21(15-22)32(40)41)25(17-35)28(20)27(37)12-9-18(4-2)13-19-10-11-23(36)16-26(19)33/h5,7-8,10-11,13,15-16,24-25,27,29,35-37,40-41H,3-4,6,9,12,14,17H2,1-2H3/b18-13+/t24-,25+,27-,29-/m1/s1. The van der Waals surface area contributed by atoms with Crippen molar-refractivity contribution in [1.82, 2.24) is 0 Å². The van der Waals surface area contributed by atoms with Crippen LogP contribution in [0.2, 0.25) is 5.02 Å². The molecule has 5 N–H and O–H groups in total. The molecule has 1 aliphatic heterocycles. The summed E-state index contributed by atoms with van der Waals surface area (Å²) in [7, 11) is -1.75. The van der Waals surface area contributed by atoms with Crippen LogP contribution in [0.15, 0.2) is 59.2 Å². The van der Waals surface area contributed by atoms with Gasteiger partial charge in [-0.05, 0) is 79.0 Å². The summed E-state index contributed by atoms with van der Waals surface area (Å²) < 4.78 is 0. The maximum atomic E-state index is 13.7. The first kappa shape index (κ1) is 31.0. The number of anilines is 1. The predicted octanol–water partition coefficient (Wildman–Crippen LogP) is 3.57. The van der Waals surface area contributed by atoms with Gasteiger partial charge in [0.25, 0.3) is 0 Å². The molecule has 0 aromatic heterocycles. The topological polar surface area (TPSA) is 139 Å². The van der Waals surface area contributed by atoms with Gasteiger partial charge in [-0.25, -0.2) is 0 Å². The lowest BCUT2D eigenvalue weighted by Crippen LogP contribution is -2.39. The van der Waals surface area contributed by atoms with Crippen LogP contribution in [0.5, 0.6) is 5.75 Å². The third-order valence-corrected chi connectivity index (χ3v) is 8.58. The van der Waals surface area contributed by atoms with Crippen LogP contribution in [-0.2, 0) is 9.59 Å². The second kappa shape index (κ2) is 13.4. The van der Waals surface area contributed by atoms with Gasteiger partial charge >= 0.3 is 7.12 Å². The monoisotopic (exact) mass is 581 g/mol. The Hall–Kier alpha value is -2.95. The average Bonchev–Trinajstić information content (AvgIpc) is 3.20. The molecule has 218 valence electrons. The molecule has 1 saturated heterocycles. The lowest BCUT2D eigenvalue weighted by atomic mass is 9.67. The van der Waals surface area contributed by atoms with Crippen LogP contribution in [0.1, 0.15) is 57.9 Å². The summed E-state index contributed by atoms with van der Waals surface area (Å²) >= 11 is 6.29. The van der Waals surface area contributed by atoms with Gasteiger partial charge in [-0.3, -0.25) is 14.5 Å². The summed E-state index contributed by atoms with van der Waals surface area (Å²) in [6, 6.07) is 10.8. The van der Waals surface area contributed by atoms with Crippen molar-refractivity contribution >= 4 is 47.8 Å². The molecule has 2 aromatic carbocycles. The van der Waals surface area contributed by atoms with E-state index in [1.807, 2.05) is 19.9 Å². The van der Waals surface area contributed by atoms with E-state index in [4.69, 9.17) is 11.6 Å². The molecule has 10 heteroatoms. The highest BCUT2D eigenvalue weighted by Gasteiger charge is 2.55. The van der Waals surface area contributed by atoms with Gasteiger partial charge in [0.1, 0.15) is 5.75 Å². The maximum absolute atomic E-state index is 13.7. The summed E-state index contributed by atoms with van der Waals surface area (Å²) in [6.07, 6.45) is 4.43. The van der Waals surface area contributed by atoms with Crippen molar-refractivity contribution in [2.45, 2.75) is 58.5 Å². The number of allylic oxidation sites excluding steroid dienone is 2. The number of phenolic OH excluding ortho intramolecular Hbond substituents is 1. The third kappa shape index (κ3) is 6.44. The van der Waals surface area contributed by atoms with Crippen LogP contribution in [-0.4, -0.2) is 57.0 Å². The number of amides is 2. The Bertz CT molecular complexity index is 1360. The largest absolute Gasteiger partial charge is 0.508 e. The van der Waals surface area contributed by atoms with Crippen molar-refractivity contribution in [2.24, 2.45) is 17.8 Å². The Balaban J connectivity index is 1.61. The van der Waals surface area contributed by atoms with E-state index in [1.165, 1.54) is 18.2 Å². The molecule has 41 heavy (non-hydrogen) atoms. The Morgan fingerprint density at radius 3 is 2.54 bits per heavy atom. The fourth-order valence-electron chi connectivity index (χ4n) is 6.26. The van der Waals surface area contributed by atoms with Gasteiger partial charge in [0.05, 0.1) is 35.3 Å². The second-order valence-corrected chi connectivity index (χ2v) is 11.2. The Kier molecular flexibility index (Phi) is 10.1. The van der Waals surface area contributed by atoms with E-state index in [0.29, 0.717) is 36.3 Å². The second-order valence-electron chi connectivity index (χ2n) is 10.8. The SMILES string of the molecule is CCCC1=C([C@H](O)CC/C(=C/c2ccc(O)cc2Cl)CC)[C@H](CO)[C@@H]2C(=O)N(c3cccc(B(O)O)c3)C(=O)[C@@H]2C1. The number of carbonyl (C=O) groups excluding carboxylic acids is 2. The zero-order valence-electron chi connectivity index (χ0n) is 23.3. The molecule has 1 fully saturated rings. The number of phenols is 1. The molecule has 2 aromatic rings. The van der Waals surface area contributed by atoms with Gasteiger partial charge in [0.2, 0.25) is 11.8 Å². The Morgan fingerprint density at radius 2 is 1.90 bits per heavy atom. The number of halogens is 1. The number of rotatable bonds is 11. The number of nitrogens with zero attached hydrogens (tertiary/aromatic N) is 1. The fourth-order valence-corrected chi connectivity index (χ4v) is 6.49. The van der Waals surface area contributed by atoms with Gasteiger partial charge in [0.15, 0.2) is 0 Å². The highest BCUT2D eigenvalue weighted by molar-refractivity contribution is 6.58. The molecule has 0 unspecified atom stereocenters. The van der Waals surface area contributed by atoms with E-state index in [0.717, 1.165) is 34.5 Å². The summed E-state index contributed by atoms with van der Waals surface area (Å²) in [6.45, 7) is 3.64. The van der Waals surface area contributed by atoms with Crippen LogP contribution in [0.3, 0.4) is 0 Å². The van der Waals surface area contributed by atoms with E-state index in [1.54, 1.807) is 24.3 Å². The molecule has 2 aliphatic rings. The normalized spacial score (nSPS) is 21.9. The number of aromatic hydroxyl groups is 1. The number of hydrogen-bond acceptors (Lipinski definition) is 7. The van der Waals surface area contributed by atoms with E-state index in [-0.39, 0.29) is 29.4 Å². The number of imide groups is 1. The third-order valence-electron chi connectivity index (χ3n) is 8.25. The molecular weight excluding hydrogens is 545 g/mol. The molecular formula is C31H37BClNO7. The van der Waals surface area contributed by atoms with Crippen LogP contribution in [0.25, 0.3) is 6.08 Å². The molecule has 1 aliphatic carbocycles. The molecule has 4 atom stereocenters. The first-order valence-corrected chi connectivity index (χ1v) is 14.5. The molecule has 0 radical (unpaired) electrons. The lowest BCUT2D eigenvalue weighted by molar-refractivity contribution is -0.123. The molecule has 1 heterocycles. The molecule has 2 amide bonds. The first-order chi connectivity index (χ1) is 19.6. The first-order valence-electron chi connectivity index (χ1n) is 14.1. The smallest absolute Gasteiger partial charge is 0.488 e. The Morgan fingerprint density at radius 1 is 1.15 bits per heavy atom. The minimum Gasteiger partial charge on any atom is -0.508 e. The van der Waals surface area contributed by atoms with Crippen LogP contribution in [0, 0.1) is 17.8 Å². The average molecular weight is 582 g/mol. The maximum Gasteiger partial charge on any atom is 0.488 e. The van der Waals surface area contributed by atoms with Crippen molar-refractivity contribution in [3.8, 4) is 5.75 Å². The number of benzene rings is 2. The highest BCUT2D eigenvalue weighted by Crippen LogP contribution is 2.48. The van der Waals surface area contributed by atoms with Crippen molar-refractivity contribution in [3.63, 3.8) is 0 Å². The molecule has 0 spiro atoms. The van der Waals surface area contributed by atoms with Crippen LogP contribution >= 0.6 is 11.6 Å². The fraction of sp³-hybridized carbons (Fsp3) is 0.419. The van der Waals surface area contributed by atoms with E-state index in [9.17, 15) is 35.0 Å². The summed E-state index contributed by atoms with van der Waals surface area (Å²) in [5.74, 6) is -2.95.